The zero-order chi connectivity index (χ0) is 13.2. The standard InChI is InChI=1S/C15H15N3/c1-15(2,17)14-5-3-12(4-6-14)13-7-11(8-16)9-18-10-13/h3-7,9-10H,17H2,1-2H3. The van der Waals surface area contributed by atoms with Crippen molar-refractivity contribution in [1.82, 2.24) is 4.98 Å². The van der Waals surface area contributed by atoms with E-state index in [0.29, 0.717) is 5.56 Å². The predicted octanol–water partition coefficient (Wildman–Crippen LogP) is 2.81. The maximum absolute atomic E-state index is 8.85. The number of nitrogens with zero attached hydrogens (tertiary/aromatic N) is 2. The van der Waals surface area contributed by atoms with Crippen LogP contribution in [0.4, 0.5) is 0 Å². The number of pyridine rings is 1. The highest BCUT2D eigenvalue weighted by Crippen LogP contribution is 2.23. The lowest BCUT2D eigenvalue weighted by Gasteiger charge is -2.19. The third-order valence-corrected chi connectivity index (χ3v) is 2.83. The first-order chi connectivity index (χ1) is 8.50. The van der Waals surface area contributed by atoms with Gasteiger partial charge in [-0.25, -0.2) is 0 Å². The lowest BCUT2D eigenvalue weighted by molar-refractivity contribution is 0.554. The fourth-order valence-electron chi connectivity index (χ4n) is 1.75. The maximum Gasteiger partial charge on any atom is 0.101 e. The summed E-state index contributed by atoms with van der Waals surface area (Å²) in [6.45, 7) is 3.94. The van der Waals surface area contributed by atoms with Gasteiger partial charge in [-0.3, -0.25) is 4.98 Å². The average Bonchev–Trinajstić information content (AvgIpc) is 2.38. The molecule has 0 fully saturated rings. The van der Waals surface area contributed by atoms with E-state index in [9.17, 15) is 0 Å². The zero-order valence-electron chi connectivity index (χ0n) is 10.5. The minimum Gasteiger partial charge on any atom is -0.322 e. The molecule has 1 aromatic carbocycles. The van der Waals surface area contributed by atoms with E-state index in [1.165, 1.54) is 0 Å². The highest BCUT2D eigenvalue weighted by molar-refractivity contribution is 5.64. The molecule has 0 bridgehead atoms. The fraction of sp³-hybridized carbons (Fsp3) is 0.200. The number of benzene rings is 1. The summed E-state index contributed by atoms with van der Waals surface area (Å²) in [5.41, 5.74) is 9.31. The molecule has 1 aromatic heterocycles. The van der Waals surface area contributed by atoms with Crippen LogP contribution in [0.5, 0.6) is 0 Å². The van der Waals surface area contributed by atoms with Crippen LogP contribution in [-0.2, 0) is 5.54 Å². The van der Waals surface area contributed by atoms with E-state index in [0.717, 1.165) is 16.7 Å². The Kier molecular flexibility index (Phi) is 3.14. The molecule has 0 amide bonds. The molecule has 0 saturated heterocycles. The highest BCUT2D eigenvalue weighted by Gasteiger charge is 2.13. The number of hydrogen-bond acceptors (Lipinski definition) is 3. The van der Waals surface area contributed by atoms with Crippen LogP contribution in [0, 0.1) is 11.3 Å². The van der Waals surface area contributed by atoms with Gasteiger partial charge in [0.1, 0.15) is 6.07 Å². The molecule has 0 spiro atoms. The number of nitriles is 1. The van der Waals surface area contributed by atoms with Gasteiger partial charge in [-0.2, -0.15) is 5.26 Å². The van der Waals surface area contributed by atoms with E-state index >= 15 is 0 Å². The molecule has 18 heavy (non-hydrogen) atoms. The first-order valence-electron chi connectivity index (χ1n) is 5.75. The van der Waals surface area contributed by atoms with Gasteiger partial charge >= 0.3 is 0 Å². The van der Waals surface area contributed by atoms with Gasteiger partial charge in [-0.05, 0) is 31.0 Å². The molecule has 3 nitrogen and oxygen atoms in total. The number of hydrogen-bond donors (Lipinski definition) is 1. The van der Waals surface area contributed by atoms with Gasteiger partial charge in [0.15, 0.2) is 0 Å². The van der Waals surface area contributed by atoms with Crippen molar-refractivity contribution in [2.75, 3.05) is 0 Å². The van der Waals surface area contributed by atoms with Crippen molar-refractivity contribution >= 4 is 0 Å². The second kappa shape index (κ2) is 4.59. The van der Waals surface area contributed by atoms with Gasteiger partial charge in [-0.1, -0.05) is 24.3 Å². The minimum absolute atomic E-state index is 0.342. The predicted molar refractivity (Wildman–Crippen MR) is 71.6 cm³/mol. The largest absolute Gasteiger partial charge is 0.322 e. The van der Waals surface area contributed by atoms with Crippen molar-refractivity contribution in [3.05, 3.63) is 53.9 Å². The number of aromatic nitrogens is 1. The van der Waals surface area contributed by atoms with Gasteiger partial charge in [0.25, 0.3) is 0 Å². The summed E-state index contributed by atoms with van der Waals surface area (Å²) >= 11 is 0. The molecule has 3 heteroatoms. The van der Waals surface area contributed by atoms with Crippen molar-refractivity contribution in [3.63, 3.8) is 0 Å². The second-order valence-corrected chi connectivity index (χ2v) is 4.87. The summed E-state index contributed by atoms with van der Waals surface area (Å²) in [5.74, 6) is 0. The summed E-state index contributed by atoms with van der Waals surface area (Å²) in [4.78, 5) is 4.06. The molecule has 2 aromatic rings. The molecule has 1 heterocycles. The third-order valence-electron chi connectivity index (χ3n) is 2.83. The average molecular weight is 237 g/mol. The summed E-state index contributed by atoms with van der Waals surface area (Å²) in [6, 6.07) is 11.9. The third kappa shape index (κ3) is 2.55. The topological polar surface area (TPSA) is 62.7 Å². The van der Waals surface area contributed by atoms with Gasteiger partial charge in [0.05, 0.1) is 5.56 Å². The van der Waals surface area contributed by atoms with E-state index in [-0.39, 0.29) is 5.54 Å². The number of nitrogens with two attached hydrogens (primary N) is 1. The Bertz CT molecular complexity index is 586. The molecule has 90 valence electrons. The second-order valence-electron chi connectivity index (χ2n) is 4.87. The lowest BCUT2D eigenvalue weighted by atomic mass is 9.93. The van der Waals surface area contributed by atoms with E-state index in [4.69, 9.17) is 11.0 Å². The lowest BCUT2D eigenvalue weighted by Crippen LogP contribution is -2.28. The van der Waals surface area contributed by atoms with Gasteiger partial charge in [0, 0.05) is 23.5 Å². The Balaban J connectivity index is 2.38. The van der Waals surface area contributed by atoms with E-state index < -0.39 is 0 Å². The van der Waals surface area contributed by atoms with E-state index in [1.807, 2.05) is 44.2 Å². The van der Waals surface area contributed by atoms with Gasteiger partial charge < -0.3 is 5.73 Å². The van der Waals surface area contributed by atoms with Gasteiger partial charge in [-0.15, -0.1) is 0 Å². The minimum atomic E-state index is -0.342. The monoisotopic (exact) mass is 237 g/mol. The Labute approximate surface area is 107 Å². The van der Waals surface area contributed by atoms with Crippen LogP contribution in [0.15, 0.2) is 42.7 Å². The molecule has 0 saturated carbocycles. The van der Waals surface area contributed by atoms with Crippen LogP contribution in [0.1, 0.15) is 25.0 Å². The molecule has 0 aliphatic rings. The molecule has 0 aliphatic heterocycles. The van der Waals surface area contributed by atoms with Crippen LogP contribution < -0.4 is 5.73 Å². The molecule has 0 atom stereocenters. The zero-order valence-corrected chi connectivity index (χ0v) is 10.5. The summed E-state index contributed by atoms with van der Waals surface area (Å²) in [7, 11) is 0. The summed E-state index contributed by atoms with van der Waals surface area (Å²) in [6.07, 6.45) is 3.31. The highest BCUT2D eigenvalue weighted by atomic mass is 14.7. The first-order valence-corrected chi connectivity index (χ1v) is 5.75. The smallest absolute Gasteiger partial charge is 0.101 e. The normalized spacial score (nSPS) is 11.0. The van der Waals surface area contributed by atoms with Crippen molar-refractivity contribution < 1.29 is 0 Å². The van der Waals surface area contributed by atoms with Crippen LogP contribution in [0.3, 0.4) is 0 Å². The Morgan fingerprint density at radius 1 is 1.11 bits per heavy atom. The molecule has 0 unspecified atom stereocenters. The Hall–Kier alpha value is -2.18. The molecule has 0 aliphatic carbocycles. The maximum atomic E-state index is 8.85. The van der Waals surface area contributed by atoms with E-state index in [1.54, 1.807) is 12.4 Å². The fourth-order valence-corrected chi connectivity index (χ4v) is 1.75. The molecule has 0 radical (unpaired) electrons. The Morgan fingerprint density at radius 2 is 1.78 bits per heavy atom. The molecule has 2 rings (SSSR count). The Morgan fingerprint density at radius 3 is 2.33 bits per heavy atom. The summed E-state index contributed by atoms with van der Waals surface area (Å²) in [5, 5.41) is 8.85. The van der Waals surface area contributed by atoms with Crippen LogP contribution in [0.25, 0.3) is 11.1 Å². The first kappa shape index (κ1) is 12.3. The SMILES string of the molecule is CC(C)(N)c1ccc(-c2cncc(C#N)c2)cc1. The van der Waals surface area contributed by atoms with E-state index in [2.05, 4.69) is 11.1 Å². The van der Waals surface area contributed by atoms with Crippen molar-refractivity contribution in [2.45, 2.75) is 19.4 Å². The van der Waals surface area contributed by atoms with Crippen molar-refractivity contribution in [2.24, 2.45) is 5.73 Å². The number of rotatable bonds is 2. The molecule has 2 N–H and O–H groups in total. The van der Waals surface area contributed by atoms with Crippen molar-refractivity contribution in [3.8, 4) is 17.2 Å². The quantitative estimate of drug-likeness (QED) is 0.873. The molecular formula is C15H15N3. The van der Waals surface area contributed by atoms with Crippen LogP contribution in [-0.4, -0.2) is 4.98 Å². The summed E-state index contributed by atoms with van der Waals surface area (Å²) < 4.78 is 0. The van der Waals surface area contributed by atoms with Gasteiger partial charge in [0.2, 0.25) is 0 Å². The van der Waals surface area contributed by atoms with Crippen LogP contribution in [0.2, 0.25) is 0 Å². The molecular weight excluding hydrogens is 222 g/mol. The van der Waals surface area contributed by atoms with Crippen molar-refractivity contribution in [1.29, 1.82) is 5.26 Å². The van der Waals surface area contributed by atoms with Crippen LogP contribution >= 0.6 is 0 Å².